The quantitative estimate of drug-likeness (QED) is 0.844. The molecule has 7 nitrogen and oxygen atoms in total. The summed E-state index contributed by atoms with van der Waals surface area (Å²) in [4.78, 5) is 24.0. The van der Waals surface area contributed by atoms with E-state index < -0.39 is 5.60 Å². The van der Waals surface area contributed by atoms with Gasteiger partial charge in [0.25, 0.3) is 0 Å². The van der Waals surface area contributed by atoms with Gasteiger partial charge in [-0.1, -0.05) is 0 Å². The van der Waals surface area contributed by atoms with Crippen LogP contribution in [0.5, 0.6) is 0 Å². The van der Waals surface area contributed by atoms with Gasteiger partial charge >= 0.3 is 0 Å². The molecular formula is C16H21N5O2S. The summed E-state index contributed by atoms with van der Waals surface area (Å²) in [5.41, 5.74) is -0.103. The summed E-state index contributed by atoms with van der Waals surface area (Å²) in [6.45, 7) is 3.84. The number of carbonyl (C=O) groups excluding carboxylic acids is 1. The fourth-order valence-corrected chi connectivity index (χ4v) is 3.29. The van der Waals surface area contributed by atoms with Crippen LogP contribution in [0.2, 0.25) is 0 Å². The molecule has 0 saturated carbocycles. The first-order chi connectivity index (χ1) is 11.5. The number of carbonyl (C=O) groups is 1. The first-order valence-electron chi connectivity index (χ1n) is 7.75. The van der Waals surface area contributed by atoms with Gasteiger partial charge in [-0.3, -0.25) is 4.79 Å². The molecule has 0 radical (unpaired) electrons. The van der Waals surface area contributed by atoms with Crippen molar-refractivity contribution in [2.24, 2.45) is 0 Å². The van der Waals surface area contributed by atoms with Crippen molar-refractivity contribution in [1.29, 1.82) is 0 Å². The minimum absolute atomic E-state index is 0.0785. The van der Waals surface area contributed by atoms with Crippen molar-refractivity contribution in [3.05, 3.63) is 34.8 Å². The van der Waals surface area contributed by atoms with Crippen LogP contribution in [0.4, 0.5) is 11.6 Å². The van der Waals surface area contributed by atoms with E-state index in [1.807, 2.05) is 27.8 Å². The van der Waals surface area contributed by atoms with Crippen molar-refractivity contribution in [3.8, 4) is 0 Å². The third-order valence-corrected chi connectivity index (χ3v) is 4.87. The van der Waals surface area contributed by atoms with Gasteiger partial charge in [-0.15, -0.1) is 0 Å². The van der Waals surface area contributed by atoms with Crippen molar-refractivity contribution >= 4 is 28.9 Å². The van der Waals surface area contributed by atoms with Crippen molar-refractivity contribution in [2.45, 2.75) is 12.5 Å². The number of nitrogens with zero attached hydrogens (tertiary/aromatic N) is 4. The van der Waals surface area contributed by atoms with E-state index in [9.17, 15) is 9.90 Å². The number of likely N-dealkylation sites (N-methyl/N-ethyl adjacent to an activating group) is 1. The maximum Gasteiger partial charge on any atom is 0.241 e. The number of hydrogen-bond acceptors (Lipinski definition) is 7. The first-order valence-corrected chi connectivity index (χ1v) is 8.70. The average Bonchev–Trinajstić information content (AvgIpc) is 3.11. The van der Waals surface area contributed by atoms with E-state index in [1.165, 1.54) is 6.33 Å². The Morgan fingerprint density at radius 2 is 2.25 bits per heavy atom. The lowest BCUT2D eigenvalue weighted by molar-refractivity contribution is -0.129. The molecule has 3 heterocycles. The molecule has 1 saturated heterocycles. The summed E-state index contributed by atoms with van der Waals surface area (Å²) in [7, 11) is 1.80. The van der Waals surface area contributed by atoms with E-state index >= 15 is 0 Å². The molecule has 24 heavy (non-hydrogen) atoms. The molecular weight excluding hydrogens is 326 g/mol. The van der Waals surface area contributed by atoms with Crippen molar-refractivity contribution < 1.29 is 9.90 Å². The largest absolute Gasteiger partial charge is 0.384 e. The van der Waals surface area contributed by atoms with Crippen molar-refractivity contribution in [3.63, 3.8) is 0 Å². The Morgan fingerprint density at radius 3 is 2.96 bits per heavy atom. The van der Waals surface area contributed by atoms with Gasteiger partial charge in [-0.25, -0.2) is 9.97 Å². The zero-order valence-electron chi connectivity index (χ0n) is 13.8. The number of nitrogens with one attached hydrogen (secondary N) is 1. The summed E-state index contributed by atoms with van der Waals surface area (Å²) in [6.07, 6.45) is 1.47. The third kappa shape index (κ3) is 3.65. The Bertz CT molecular complexity index is 704. The molecule has 1 aliphatic heterocycles. The molecule has 0 aliphatic carbocycles. The Labute approximate surface area is 145 Å². The van der Waals surface area contributed by atoms with Crippen LogP contribution >= 0.6 is 11.3 Å². The Hall–Kier alpha value is -2.19. The lowest BCUT2D eigenvalue weighted by Gasteiger charge is -2.32. The van der Waals surface area contributed by atoms with Gasteiger partial charge in [0.15, 0.2) is 0 Å². The zero-order valence-corrected chi connectivity index (χ0v) is 14.6. The smallest absolute Gasteiger partial charge is 0.241 e. The molecule has 0 bridgehead atoms. The highest BCUT2D eigenvalue weighted by Crippen LogP contribution is 2.24. The van der Waals surface area contributed by atoms with Crippen LogP contribution in [0.3, 0.4) is 0 Å². The lowest BCUT2D eigenvalue weighted by atomic mass is 9.99. The number of amides is 1. The number of piperazine rings is 1. The zero-order chi connectivity index (χ0) is 17.2. The topological polar surface area (TPSA) is 81.6 Å². The van der Waals surface area contributed by atoms with Gasteiger partial charge < -0.3 is 20.2 Å². The average molecular weight is 347 g/mol. The van der Waals surface area contributed by atoms with E-state index in [0.29, 0.717) is 31.3 Å². The lowest BCUT2D eigenvalue weighted by Crippen LogP contribution is -2.48. The summed E-state index contributed by atoms with van der Waals surface area (Å²) in [5.74, 6) is 1.42. The van der Waals surface area contributed by atoms with Crippen molar-refractivity contribution in [1.82, 2.24) is 14.9 Å². The molecule has 128 valence electrons. The van der Waals surface area contributed by atoms with Gasteiger partial charge in [0.1, 0.15) is 23.6 Å². The van der Waals surface area contributed by atoms with E-state index in [4.69, 9.17) is 0 Å². The molecule has 0 aromatic carbocycles. The summed E-state index contributed by atoms with van der Waals surface area (Å²) in [5, 5.41) is 17.6. The van der Waals surface area contributed by atoms with E-state index in [-0.39, 0.29) is 5.91 Å². The highest BCUT2D eigenvalue weighted by atomic mass is 32.1. The Morgan fingerprint density at radius 1 is 1.42 bits per heavy atom. The predicted octanol–water partition coefficient (Wildman–Crippen LogP) is 1.14. The van der Waals surface area contributed by atoms with Gasteiger partial charge in [-0.2, -0.15) is 11.3 Å². The number of anilines is 2. The highest BCUT2D eigenvalue weighted by molar-refractivity contribution is 7.08. The van der Waals surface area contributed by atoms with Crippen LogP contribution in [-0.4, -0.2) is 59.1 Å². The second-order valence-corrected chi connectivity index (χ2v) is 6.92. The van der Waals surface area contributed by atoms with E-state index in [0.717, 1.165) is 12.1 Å². The maximum absolute atomic E-state index is 11.8. The molecule has 0 spiro atoms. The second-order valence-electron chi connectivity index (χ2n) is 6.14. The van der Waals surface area contributed by atoms with Crippen LogP contribution in [0.15, 0.2) is 29.2 Å². The van der Waals surface area contributed by atoms with E-state index in [1.54, 1.807) is 30.2 Å². The minimum Gasteiger partial charge on any atom is -0.384 e. The summed E-state index contributed by atoms with van der Waals surface area (Å²) < 4.78 is 0. The predicted molar refractivity (Wildman–Crippen MR) is 94.3 cm³/mol. The molecule has 8 heteroatoms. The summed E-state index contributed by atoms with van der Waals surface area (Å²) >= 11 is 1.55. The first kappa shape index (κ1) is 16.7. The minimum atomic E-state index is -0.977. The molecule has 1 atom stereocenters. The molecule has 1 fully saturated rings. The number of rotatable bonds is 5. The number of aliphatic hydroxyl groups is 1. The Balaban J connectivity index is 1.66. The molecule has 2 aromatic heterocycles. The fraction of sp³-hybridized carbons (Fsp3) is 0.438. The van der Waals surface area contributed by atoms with Gasteiger partial charge in [0, 0.05) is 32.7 Å². The fourth-order valence-electron chi connectivity index (χ4n) is 2.51. The Kier molecular flexibility index (Phi) is 4.68. The normalized spacial score (nSPS) is 17.7. The van der Waals surface area contributed by atoms with Gasteiger partial charge in [0.05, 0.1) is 6.54 Å². The molecule has 2 aromatic rings. The third-order valence-electron chi connectivity index (χ3n) is 4.19. The van der Waals surface area contributed by atoms with E-state index in [2.05, 4.69) is 15.3 Å². The summed E-state index contributed by atoms with van der Waals surface area (Å²) in [6, 6.07) is 3.72. The van der Waals surface area contributed by atoms with Crippen LogP contribution in [-0.2, 0) is 10.4 Å². The highest BCUT2D eigenvalue weighted by Gasteiger charge is 2.24. The second kappa shape index (κ2) is 6.74. The molecule has 2 N–H and O–H groups in total. The molecule has 1 amide bonds. The molecule has 1 aliphatic rings. The van der Waals surface area contributed by atoms with Crippen molar-refractivity contribution in [2.75, 3.05) is 43.4 Å². The monoisotopic (exact) mass is 347 g/mol. The standard InChI is InChI=1S/C16H21N5O2S/c1-16(23,12-3-6-24-9-12)10-17-13-7-14(19-11-18-13)21-5-4-20(2)15(22)8-21/h3,6-7,9,11,23H,4-5,8,10H2,1-2H3,(H,17,18,19). The van der Waals surface area contributed by atoms with Crippen LogP contribution < -0.4 is 10.2 Å². The number of hydrogen-bond donors (Lipinski definition) is 2. The number of aromatic nitrogens is 2. The molecule has 3 rings (SSSR count). The van der Waals surface area contributed by atoms with Crippen LogP contribution in [0.25, 0.3) is 0 Å². The van der Waals surface area contributed by atoms with Crippen LogP contribution in [0.1, 0.15) is 12.5 Å². The maximum atomic E-state index is 11.8. The number of thiophene rings is 1. The SMILES string of the molecule is CN1CCN(c2cc(NCC(C)(O)c3ccsc3)ncn2)CC1=O. The molecule has 1 unspecified atom stereocenters. The van der Waals surface area contributed by atoms with Gasteiger partial charge in [0.2, 0.25) is 5.91 Å². The van der Waals surface area contributed by atoms with Crippen LogP contribution in [0, 0.1) is 0 Å². The van der Waals surface area contributed by atoms with Gasteiger partial charge in [-0.05, 0) is 29.3 Å².